The minimum atomic E-state index is -0.526. The molecule has 14 heavy (non-hydrogen) atoms. The van der Waals surface area contributed by atoms with Gasteiger partial charge in [-0.05, 0) is 18.7 Å². The number of hydrogen-bond acceptors (Lipinski definition) is 3. The maximum atomic E-state index is 11.3. The van der Waals surface area contributed by atoms with Crippen molar-refractivity contribution in [2.75, 3.05) is 6.61 Å². The largest absolute Gasteiger partial charge is 1.00 e. The molecular formula is C9H14LiNO3. The molecule has 1 heterocycles. The van der Waals surface area contributed by atoms with Gasteiger partial charge in [0.05, 0.1) is 6.04 Å². The van der Waals surface area contributed by atoms with Crippen molar-refractivity contribution in [1.82, 2.24) is 4.90 Å². The van der Waals surface area contributed by atoms with Crippen molar-refractivity contribution in [2.24, 2.45) is 5.92 Å². The Morgan fingerprint density at radius 2 is 2.29 bits per heavy atom. The first kappa shape index (κ1) is 13.4. The Morgan fingerprint density at radius 1 is 1.71 bits per heavy atom. The molecule has 0 bridgehead atoms. The van der Waals surface area contributed by atoms with Gasteiger partial charge in [-0.15, -0.1) is 0 Å². The number of ether oxygens (including phenoxy) is 1. The van der Waals surface area contributed by atoms with Gasteiger partial charge in [-0.25, -0.2) is 4.79 Å². The predicted molar refractivity (Wildman–Crippen MR) is 45.6 cm³/mol. The quantitative estimate of drug-likeness (QED) is 0.364. The molecule has 0 spiro atoms. The molecule has 1 saturated heterocycles. The van der Waals surface area contributed by atoms with E-state index in [9.17, 15) is 9.90 Å². The van der Waals surface area contributed by atoms with Crippen LogP contribution in [-0.2, 0) is 4.74 Å². The molecule has 1 amide bonds. The van der Waals surface area contributed by atoms with Crippen LogP contribution >= 0.6 is 0 Å². The molecule has 1 aliphatic heterocycles. The zero-order valence-corrected chi connectivity index (χ0v) is 9.11. The molecule has 0 aromatic heterocycles. The molecule has 0 radical (unpaired) electrons. The van der Waals surface area contributed by atoms with Crippen LogP contribution in [0.4, 0.5) is 4.79 Å². The molecular weight excluding hydrogens is 177 g/mol. The van der Waals surface area contributed by atoms with Crippen LogP contribution in [0.15, 0.2) is 12.0 Å². The fourth-order valence-corrected chi connectivity index (χ4v) is 1.32. The van der Waals surface area contributed by atoms with Crippen LogP contribution in [0.2, 0.25) is 0 Å². The predicted octanol–water partition coefficient (Wildman–Crippen LogP) is -2.31. The van der Waals surface area contributed by atoms with E-state index >= 15 is 0 Å². The molecule has 1 rings (SSSR count). The number of cyclic esters (lactones) is 1. The first-order valence-electron chi connectivity index (χ1n) is 4.37. The molecule has 4 nitrogen and oxygen atoms in total. The van der Waals surface area contributed by atoms with E-state index in [1.807, 2.05) is 13.8 Å². The van der Waals surface area contributed by atoms with Gasteiger partial charge in [-0.3, -0.25) is 4.90 Å². The monoisotopic (exact) mass is 191 g/mol. The summed E-state index contributed by atoms with van der Waals surface area (Å²) in [6, 6.07) is -0.115. The van der Waals surface area contributed by atoms with Gasteiger partial charge in [-0.1, -0.05) is 19.9 Å². The smallest absolute Gasteiger partial charge is 0.860 e. The summed E-state index contributed by atoms with van der Waals surface area (Å²) in [4.78, 5) is 12.3. The SMILES string of the molecule is C/C=C(\[O-])N1C(=O)OC[C@@H]1C(C)C.[Li+]. The van der Waals surface area contributed by atoms with E-state index in [-0.39, 0.29) is 36.7 Å². The second-order valence-corrected chi connectivity index (χ2v) is 3.39. The van der Waals surface area contributed by atoms with Crippen molar-refractivity contribution in [2.45, 2.75) is 26.8 Å². The van der Waals surface area contributed by atoms with E-state index in [2.05, 4.69) is 0 Å². The standard InChI is InChI=1S/C9H15NO3.Li/c1-4-8(11)10-7(6(2)3)5-13-9(10)12;/h4,6-7,11H,5H2,1-3H3;/q;+1/p-1/b8-4-;/t7-;/m1./s1. The molecule has 5 heteroatoms. The van der Waals surface area contributed by atoms with Crippen molar-refractivity contribution in [1.29, 1.82) is 0 Å². The number of hydrogen-bond donors (Lipinski definition) is 0. The second-order valence-electron chi connectivity index (χ2n) is 3.39. The van der Waals surface area contributed by atoms with Crippen LogP contribution in [0.3, 0.4) is 0 Å². The van der Waals surface area contributed by atoms with E-state index in [1.165, 1.54) is 11.0 Å². The molecule has 1 atom stereocenters. The van der Waals surface area contributed by atoms with Gasteiger partial charge >= 0.3 is 25.0 Å². The zero-order valence-electron chi connectivity index (χ0n) is 9.11. The van der Waals surface area contributed by atoms with E-state index < -0.39 is 6.09 Å². The number of nitrogens with zero attached hydrogens (tertiary/aromatic N) is 1. The average Bonchev–Trinajstić information content (AvgIpc) is 2.46. The zero-order chi connectivity index (χ0) is 10.0. The van der Waals surface area contributed by atoms with Gasteiger partial charge in [0.15, 0.2) is 0 Å². The van der Waals surface area contributed by atoms with Gasteiger partial charge in [0.2, 0.25) is 0 Å². The van der Waals surface area contributed by atoms with Crippen LogP contribution in [-0.4, -0.2) is 23.6 Å². The normalized spacial score (nSPS) is 22.3. The molecule has 1 fully saturated rings. The third-order valence-electron chi connectivity index (χ3n) is 2.16. The van der Waals surface area contributed by atoms with Gasteiger partial charge in [0.25, 0.3) is 0 Å². The molecule has 0 N–H and O–H groups in total. The molecule has 0 aromatic carbocycles. The fourth-order valence-electron chi connectivity index (χ4n) is 1.32. The number of carbonyl (C=O) groups excluding carboxylic acids is 1. The van der Waals surface area contributed by atoms with Crippen LogP contribution in [0.1, 0.15) is 20.8 Å². The fraction of sp³-hybridized carbons (Fsp3) is 0.667. The summed E-state index contributed by atoms with van der Waals surface area (Å²) in [5.74, 6) is -0.0449. The van der Waals surface area contributed by atoms with Gasteiger partial charge in [0.1, 0.15) is 6.61 Å². The molecule has 0 aliphatic carbocycles. The van der Waals surface area contributed by atoms with Crippen molar-refractivity contribution in [3.8, 4) is 0 Å². The summed E-state index contributed by atoms with van der Waals surface area (Å²) < 4.78 is 4.81. The van der Waals surface area contributed by atoms with E-state index in [4.69, 9.17) is 4.74 Å². The Labute approximate surface area is 96.1 Å². The van der Waals surface area contributed by atoms with Gasteiger partial charge < -0.3 is 9.84 Å². The molecule has 74 valence electrons. The van der Waals surface area contributed by atoms with Crippen LogP contribution in [0, 0.1) is 5.92 Å². The maximum Gasteiger partial charge on any atom is 1.00 e. The van der Waals surface area contributed by atoms with Gasteiger partial charge in [-0.2, -0.15) is 0 Å². The molecule has 0 aromatic rings. The van der Waals surface area contributed by atoms with E-state index in [0.29, 0.717) is 6.61 Å². The van der Waals surface area contributed by atoms with Crippen LogP contribution in [0.25, 0.3) is 0 Å². The summed E-state index contributed by atoms with van der Waals surface area (Å²) >= 11 is 0. The summed E-state index contributed by atoms with van der Waals surface area (Å²) in [5.41, 5.74) is 0. The maximum absolute atomic E-state index is 11.3. The number of rotatable bonds is 2. The first-order chi connectivity index (χ1) is 6.07. The molecule has 0 saturated carbocycles. The van der Waals surface area contributed by atoms with E-state index in [0.717, 1.165) is 0 Å². The third-order valence-corrected chi connectivity index (χ3v) is 2.16. The minimum Gasteiger partial charge on any atom is -0.860 e. The average molecular weight is 191 g/mol. The number of amides is 1. The summed E-state index contributed by atoms with van der Waals surface area (Å²) in [6.45, 7) is 5.85. The number of carbonyl (C=O) groups is 1. The minimum absolute atomic E-state index is 0. The molecule has 1 aliphatic rings. The van der Waals surface area contributed by atoms with Crippen molar-refractivity contribution < 1.29 is 33.5 Å². The Hall–Kier alpha value is -0.593. The summed E-state index contributed by atoms with van der Waals surface area (Å²) in [7, 11) is 0. The number of allylic oxidation sites excluding steroid dienone is 1. The topological polar surface area (TPSA) is 52.6 Å². The Kier molecular flexibility index (Phi) is 5.10. The summed E-state index contributed by atoms with van der Waals surface area (Å²) in [6.07, 6.45) is 0.851. The van der Waals surface area contributed by atoms with Crippen LogP contribution in [0.5, 0.6) is 0 Å². The van der Waals surface area contributed by atoms with E-state index in [1.54, 1.807) is 6.92 Å². The Morgan fingerprint density at radius 3 is 2.71 bits per heavy atom. The van der Waals surface area contributed by atoms with Crippen molar-refractivity contribution in [3.05, 3.63) is 12.0 Å². The van der Waals surface area contributed by atoms with Crippen molar-refractivity contribution in [3.63, 3.8) is 0 Å². The van der Waals surface area contributed by atoms with Crippen molar-refractivity contribution >= 4 is 6.09 Å². The molecule has 0 unspecified atom stereocenters. The third kappa shape index (κ3) is 2.46. The second kappa shape index (κ2) is 5.33. The Balaban J connectivity index is 0.00000169. The summed E-state index contributed by atoms with van der Waals surface area (Å²) in [5, 5.41) is 11.3. The van der Waals surface area contributed by atoms with Gasteiger partial charge in [0, 0.05) is 0 Å². The Bertz CT molecular complexity index is 240. The van der Waals surface area contributed by atoms with Crippen LogP contribution < -0.4 is 24.0 Å². The first-order valence-corrected chi connectivity index (χ1v) is 4.37.